The van der Waals surface area contributed by atoms with Gasteiger partial charge in [0.25, 0.3) is 5.91 Å². The number of halogens is 3. The number of fused-ring (bicyclic) bond motifs is 1. The predicted molar refractivity (Wildman–Crippen MR) is 96.3 cm³/mol. The maximum absolute atomic E-state index is 14.0. The molecule has 0 bridgehead atoms. The standard InChI is InChI=1S/C20H17F3N4O/c1-10(2)5-16-17-18(26-25-16)20(28)27(13-7-12(21)8-24-9-13)19(17)11-3-4-14(22)15(23)6-11/h3-4,6-10,19H,5H2,1-2H3,(H,25,26). The van der Waals surface area contributed by atoms with E-state index in [0.717, 1.165) is 18.3 Å². The number of carbonyl (C=O) groups excluding carboxylic acids is 1. The monoisotopic (exact) mass is 386 g/mol. The molecule has 1 unspecified atom stereocenters. The fourth-order valence-corrected chi connectivity index (χ4v) is 3.55. The topological polar surface area (TPSA) is 61.9 Å². The molecule has 1 amide bonds. The lowest BCUT2D eigenvalue weighted by molar-refractivity contribution is 0.0988. The van der Waals surface area contributed by atoms with Crippen molar-refractivity contribution in [1.29, 1.82) is 0 Å². The van der Waals surface area contributed by atoms with Crippen LogP contribution in [0.3, 0.4) is 0 Å². The summed E-state index contributed by atoms with van der Waals surface area (Å²) >= 11 is 0. The van der Waals surface area contributed by atoms with Crippen LogP contribution >= 0.6 is 0 Å². The third-order valence-corrected chi connectivity index (χ3v) is 4.68. The van der Waals surface area contributed by atoms with Gasteiger partial charge >= 0.3 is 0 Å². The van der Waals surface area contributed by atoms with Crippen molar-refractivity contribution in [3.05, 3.63) is 76.6 Å². The third kappa shape index (κ3) is 2.94. The summed E-state index contributed by atoms with van der Waals surface area (Å²) in [5, 5.41) is 7.02. The van der Waals surface area contributed by atoms with Gasteiger partial charge in [-0.25, -0.2) is 13.2 Å². The van der Waals surface area contributed by atoms with Crippen molar-refractivity contribution in [2.45, 2.75) is 26.3 Å². The molecule has 1 aromatic carbocycles. The summed E-state index contributed by atoms with van der Waals surface area (Å²) in [6.07, 6.45) is 2.98. The van der Waals surface area contributed by atoms with Crippen LogP contribution < -0.4 is 4.90 Å². The Morgan fingerprint density at radius 3 is 2.61 bits per heavy atom. The zero-order valence-electron chi connectivity index (χ0n) is 15.2. The molecule has 3 heterocycles. The van der Waals surface area contributed by atoms with Crippen molar-refractivity contribution in [1.82, 2.24) is 15.2 Å². The van der Waals surface area contributed by atoms with Crippen molar-refractivity contribution in [3.8, 4) is 0 Å². The molecule has 1 atom stereocenters. The molecule has 3 aromatic rings. The summed E-state index contributed by atoms with van der Waals surface area (Å²) < 4.78 is 41.2. The average molecular weight is 386 g/mol. The number of aromatic amines is 1. The van der Waals surface area contributed by atoms with Crippen LogP contribution in [-0.4, -0.2) is 21.1 Å². The highest BCUT2D eigenvalue weighted by atomic mass is 19.2. The van der Waals surface area contributed by atoms with Crippen LogP contribution in [0, 0.1) is 23.4 Å². The van der Waals surface area contributed by atoms with Gasteiger partial charge in [-0.05, 0) is 30.0 Å². The minimum absolute atomic E-state index is 0.222. The van der Waals surface area contributed by atoms with Crippen molar-refractivity contribution < 1.29 is 18.0 Å². The van der Waals surface area contributed by atoms with E-state index in [4.69, 9.17) is 0 Å². The van der Waals surface area contributed by atoms with Crippen LogP contribution in [0.1, 0.15) is 47.2 Å². The van der Waals surface area contributed by atoms with Crippen LogP contribution in [0.4, 0.5) is 18.9 Å². The molecule has 1 aliphatic rings. The van der Waals surface area contributed by atoms with Gasteiger partial charge in [0.15, 0.2) is 11.6 Å². The molecule has 0 saturated heterocycles. The van der Waals surface area contributed by atoms with Crippen LogP contribution in [0.25, 0.3) is 0 Å². The van der Waals surface area contributed by atoms with E-state index in [0.29, 0.717) is 23.2 Å². The molecule has 0 spiro atoms. The average Bonchev–Trinajstić information content (AvgIpc) is 3.16. The zero-order chi connectivity index (χ0) is 20.0. The zero-order valence-corrected chi connectivity index (χ0v) is 15.2. The Balaban J connectivity index is 1.92. The van der Waals surface area contributed by atoms with Gasteiger partial charge in [0, 0.05) is 11.6 Å². The number of benzene rings is 1. The number of amides is 1. The second-order valence-corrected chi connectivity index (χ2v) is 7.17. The summed E-state index contributed by atoms with van der Waals surface area (Å²) in [6, 6.07) is 3.89. The van der Waals surface area contributed by atoms with Crippen molar-refractivity contribution in [2.24, 2.45) is 5.92 Å². The highest BCUT2D eigenvalue weighted by Crippen LogP contribution is 2.43. The number of carbonyl (C=O) groups is 1. The van der Waals surface area contributed by atoms with Crippen molar-refractivity contribution >= 4 is 11.6 Å². The fourth-order valence-electron chi connectivity index (χ4n) is 3.55. The maximum Gasteiger partial charge on any atom is 0.277 e. The first-order chi connectivity index (χ1) is 13.4. The number of aromatic nitrogens is 3. The van der Waals surface area contributed by atoms with Crippen molar-refractivity contribution in [3.63, 3.8) is 0 Å². The Labute approximate surface area is 159 Å². The van der Waals surface area contributed by atoms with Gasteiger partial charge in [-0.3, -0.25) is 19.8 Å². The highest BCUT2D eigenvalue weighted by Gasteiger charge is 2.43. The number of anilines is 1. The van der Waals surface area contributed by atoms with E-state index >= 15 is 0 Å². The molecule has 1 aliphatic heterocycles. The number of nitrogens with zero attached hydrogens (tertiary/aromatic N) is 3. The molecule has 0 aliphatic carbocycles. The summed E-state index contributed by atoms with van der Waals surface area (Å²) in [4.78, 5) is 18.2. The quantitative estimate of drug-likeness (QED) is 0.732. The molecule has 4 rings (SSSR count). The molecule has 5 nitrogen and oxygen atoms in total. The van der Waals surface area contributed by atoms with Gasteiger partial charge in [-0.1, -0.05) is 19.9 Å². The molecule has 8 heteroatoms. The van der Waals surface area contributed by atoms with Gasteiger partial charge in [0.05, 0.1) is 29.8 Å². The number of H-pyrrole nitrogens is 1. The lowest BCUT2D eigenvalue weighted by Gasteiger charge is -2.26. The molecule has 0 saturated carbocycles. The Bertz CT molecular complexity index is 1060. The Hall–Kier alpha value is -3.16. The number of hydrogen-bond donors (Lipinski definition) is 1. The van der Waals surface area contributed by atoms with E-state index < -0.39 is 29.4 Å². The fraction of sp³-hybridized carbons (Fsp3) is 0.250. The molecule has 0 radical (unpaired) electrons. The summed E-state index contributed by atoms with van der Waals surface area (Å²) in [5.74, 6) is -2.78. The number of rotatable bonds is 4. The molecule has 0 fully saturated rings. The van der Waals surface area contributed by atoms with Crippen molar-refractivity contribution in [2.75, 3.05) is 4.90 Å². The molecule has 28 heavy (non-hydrogen) atoms. The first kappa shape index (κ1) is 18.2. The minimum atomic E-state index is -1.02. The summed E-state index contributed by atoms with van der Waals surface area (Å²) in [6.45, 7) is 4.03. The number of hydrogen-bond acceptors (Lipinski definition) is 3. The maximum atomic E-state index is 14.0. The van der Waals surface area contributed by atoms with Gasteiger partial charge < -0.3 is 0 Å². The molecule has 1 N–H and O–H groups in total. The van der Waals surface area contributed by atoms with Gasteiger partial charge in [-0.2, -0.15) is 5.10 Å². The smallest absolute Gasteiger partial charge is 0.277 e. The predicted octanol–water partition coefficient (Wildman–Crippen LogP) is 4.17. The SMILES string of the molecule is CC(C)Cc1n[nH]c2c1C(c1ccc(F)c(F)c1)N(c1cncc(F)c1)C2=O. The summed E-state index contributed by atoms with van der Waals surface area (Å²) in [5.41, 5.74) is 2.10. The molecule has 144 valence electrons. The van der Waals surface area contributed by atoms with E-state index in [1.807, 2.05) is 13.8 Å². The van der Waals surface area contributed by atoms with Crippen LogP contribution in [0.5, 0.6) is 0 Å². The summed E-state index contributed by atoms with van der Waals surface area (Å²) in [7, 11) is 0. The molecular formula is C20H17F3N4O. The van der Waals surface area contributed by atoms with Gasteiger partial charge in [0.2, 0.25) is 0 Å². The second-order valence-electron chi connectivity index (χ2n) is 7.17. The van der Waals surface area contributed by atoms with Crippen LogP contribution in [0.15, 0.2) is 36.7 Å². The Morgan fingerprint density at radius 1 is 1.14 bits per heavy atom. The van der Waals surface area contributed by atoms with Crippen LogP contribution in [0.2, 0.25) is 0 Å². The number of pyridine rings is 1. The van der Waals surface area contributed by atoms with E-state index in [1.54, 1.807) is 0 Å². The first-order valence-corrected chi connectivity index (χ1v) is 8.83. The minimum Gasteiger partial charge on any atom is -0.294 e. The lowest BCUT2D eigenvalue weighted by Crippen LogP contribution is -2.30. The van der Waals surface area contributed by atoms with Crippen LogP contribution in [-0.2, 0) is 6.42 Å². The molecular weight excluding hydrogens is 369 g/mol. The Kier molecular flexibility index (Phi) is 4.41. The normalized spacial score (nSPS) is 16.1. The van der Waals surface area contributed by atoms with E-state index in [1.165, 1.54) is 23.2 Å². The second kappa shape index (κ2) is 6.78. The first-order valence-electron chi connectivity index (χ1n) is 8.83. The van der Waals surface area contributed by atoms with E-state index in [2.05, 4.69) is 15.2 Å². The lowest BCUT2D eigenvalue weighted by atomic mass is 9.95. The van der Waals surface area contributed by atoms with Gasteiger partial charge in [-0.15, -0.1) is 0 Å². The number of nitrogens with one attached hydrogen (secondary N) is 1. The van der Waals surface area contributed by atoms with E-state index in [-0.39, 0.29) is 17.3 Å². The molecule has 2 aromatic heterocycles. The largest absolute Gasteiger partial charge is 0.294 e. The van der Waals surface area contributed by atoms with Gasteiger partial charge in [0.1, 0.15) is 11.5 Å². The van der Waals surface area contributed by atoms with E-state index in [9.17, 15) is 18.0 Å². The Morgan fingerprint density at radius 2 is 1.93 bits per heavy atom. The highest BCUT2D eigenvalue weighted by molar-refractivity contribution is 6.10. The third-order valence-electron chi connectivity index (χ3n) is 4.68.